The van der Waals surface area contributed by atoms with Gasteiger partial charge in [-0.25, -0.2) is 9.59 Å². The number of carbonyl (C=O) groups excluding carboxylic acids is 3. The number of rotatable bonds is 12. The molecule has 0 saturated carbocycles. The average molecular weight is 513 g/mol. The summed E-state index contributed by atoms with van der Waals surface area (Å²) in [4.78, 5) is 33.3. The van der Waals surface area contributed by atoms with Gasteiger partial charge in [0, 0.05) is 28.6 Å². The number of unbranched alkanes of at least 4 members (excludes halogenated alkanes) is 4. The van der Waals surface area contributed by atoms with Crippen LogP contribution in [0.3, 0.4) is 0 Å². The Bertz CT molecular complexity index is 712. The molecule has 0 spiro atoms. The van der Waals surface area contributed by atoms with E-state index in [-0.39, 0.29) is 18.0 Å². The van der Waals surface area contributed by atoms with E-state index < -0.39 is 0 Å². The Morgan fingerprint density at radius 2 is 1.41 bits per heavy atom. The number of hydrogen-bond donors (Lipinski definition) is 6. The molecule has 5 amide bonds. The maximum absolute atomic E-state index is 11.2. The fraction of sp³-hybridized carbons (Fsp3) is 0.783. The summed E-state index contributed by atoms with van der Waals surface area (Å²) in [5.74, 6) is 1.97. The molecule has 0 radical (unpaired) electrons. The van der Waals surface area contributed by atoms with E-state index >= 15 is 0 Å². The minimum atomic E-state index is -0.103. The lowest BCUT2D eigenvalue weighted by molar-refractivity contribution is -0.116. The normalized spacial score (nSPS) is 30.7. The summed E-state index contributed by atoms with van der Waals surface area (Å²) in [5.41, 5.74) is 5.45. The molecule has 4 saturated heterocycles. The summed E-state index contributed by atoms with van der Waals surface area (Å²) < 4.78 is 0. The summed E-state index contributed by atoms with van der Waals surface area (Å²) >= 11 is 3.93. The monoisotopic (exact) mass is 512 g/mol. The van der Waals surface area contributed by atoms with Crippen molar-refractivity contribution in [3.63, 3.8) is 0 Å². The fourth-order valence-electron chi connectivity index (χ4n) is 4.88. The highest BCUT2D eigenvalue weighted by molar-refractivity contribution is 8.00. The lowest BCUT2D eigenvalue weighted by atomic mass is 10.0. The standard InChI is InChI=1S/C13H21N3O2S.C10H19N3OS/c1-2-11(17)14-7-5-3-4-6-10-12-9(8-19-10)15-13(18)16-12;11-5-3-1-2-4-8-9-7(6-15-8)12-10(14)13-9/h2,9-10,12H,1,3-8H2,(H,14,17)(H2,15,16,18);7-9H,1-6,11H2,(H2,12,13,14)/t9-,10-,12-;7-,8-,9-/m00/s1. The molecule has 4 rings (SSSR count). The first-order valence-electron chi connectivity index (χ1n) is 12.5. The highest BCUT2D eigenvalue weighted by Gasteiger charge is 2.43. The van der Waals surface area contributed by atoms with Gasteiger partial charge < -0.3 is 32.3 Å². The molecule has 11 heteroatoms. The van der Waals surface area contributed by atoms with Crippen LogP contribution in [-0.4, -0.2) is 77.2 Å². The van der Waals surface area contributed by atoms with Gasteiger partial charge in [-0.3, -0.25) is 4.79 Å². The van der Waals surface area contributed by atoms with Gasteiger partial charge in [-0.2, -0.15) is 23.5 Å². The first kappa shape index (κ1) is 27.0. The molecule has 7 N–H and O–H groups in total. The van der Waals surface area contributed by atoms with Crippen molar-refractivity contribution < 1.29 is 14.4 Å². The molecule has 4 aliphatic rings. The van der Waals surface area contributed by atoms with Gasteiger partial charge in [0.1, 0.15) is 0 Å². The smallest absolute Gasteiger partial charge is 0.315 e. The SMILES string of the molecule is C=CC(=O)NCCCCC[C@@H]1SC[C@@H]2NC(=O)N[C@@H]21.NCCCCC[C@@H]1SC[C@@H]2NC(=O)N[C@@H]21. The third-order valence-electron chi connectivity index (χ3n) is 6.72. The van der Waals surface area contributed by atoms with Crippen LogP contribution in [0.25, 0.3) is 0 Å². The second-order valence-electron chi connectivity index (χ2n) is 9.23. The van der Waals surface area contributed by atoms with Crippen LogP contribution in [0, 0.1) is 0 Å². The summed E-state index contributed by atoms with van der Waals surface area (Å²) in [6.45, 7) is 4.92. The molecule has 0 aromatic heterocycles. The van der Waals surface area contributed by atoms with Crippen molar-refractivity contribution in [3.05, 3.63) is 12.7 Å². The molecule has 0 aromatic carbocycles. The quantitative estimate of drug-likeness (QED) is 0.134. The molecule has 34 heavy (non-hydrogen) atoms. The number of nitrogens with two attached hydrogens (primary N) is 1. The molecule has 192 valence electrons. The zero-order valence-electron chi connectivity index (χ0n) is 19.9. The van der Waals surface area contributed by atoms with Crippen molar-refractivity contribution >= 4 is 41.5 Å². The summed E-state index contributed by atoms with van der Waals surface area (Å²) in [6.07, 6.45) is 10.4. The van der Waals surface area contributed by atoms with Gasteiger partial charge >= 0.3 is 12.1 Å². The zero-order valence-corrected chi connectivity index (χ0v) is 21.5. The van der Waals surface area contributed by atoms with Crippen molar-refractivity contribution in [2.24, 2.45) is 5.73 Å². The number of amides is 5. The topological polar surface area (TPSA) is 137 Å². The highest BCUT2D eigenvalue weighted by atomic mass is 32.2. The molecule has 0 unspecified atom stereocenters. The van der Waals surface area contributed by atoms with Crippen molar-refractivity contribution in [1.29, 1.82) is 0 Å². The minimum absolute atomic E-state index is 0.0114. The number of thioether (sulfide) groups is 2. The zero-order chi connectivity index (χ0) is 24.3. The van der Waals surface area contributed by atoms with Gasteiger partial charge in [0.25, 0.3) is 0 Å². The van der Waals surface area contributed by atoms with Crippen LogP contribution in [0.5, 0.6) is 0 Å². The van der Waals surface area contributed by atoms with Crippen LogP contribution in [0.1, 0.15) is 51.4 Å². The highest BCUT2D eigenvalue weighted by Crippen LogP contribution is 2.34. The molecule has 0 aromatic rings. The Morgan fingerprint density at radius 1 is 0.882 bits per heavy atom. The summed E-state index contributed by atoms with van der Waals surface area (Å²) in [7, 11) is 0. The van der Waals surface area contributed by atoms with Crippen LogP contribution < -0.4 is 32.3 Å². The van der Waals surface area contributed by atoms with Gasteiger partial charge in [0.05, 0.1) is 24.2 Å². The van der Waals surface area contributed by atoms with Crippen molar-refractivity contribution in [1.82, 2.24) is 26.6 Å². The average Bonchev–Trinajstić information content (AvgIpc) is 3.56. The van der Waals surface area contributed by atoms with E-state index in [1.54, 1.807) is 0 Å². The maximum atomic E-state index is 11.2. The van der Waals surface area contributed by atoms with E-state index in [1.165, 1.54) is 25.3 Å². The Morgan fingerprint density at radius 3 is 1.91 bits per heavy atom. The Hall–Kier alpha value is -1.59. The number of fused-ring (bicyclic) bond motifs is 2. The van der Waals surface area contributed by atoms with Crippen LogP contribution in [0.4, 0.5) is 9.59 Å². The Labute approximate surface area is 211 Å². The molecule has 4 fully saturated rings. The molecule has 0 aliphatic carbocycles. The number of hydrogen-bond acceptors (Lipinski definition) is 6. The maximum Gasteiger partial charge on any atom is 0.315 e. The van der Waals surface area contributed by atoms with Crippen LogP contribution >= 0.6 is 23.5 Å². The molecular weight excluding hydrogens is 472 g/mol. The van der Waals surface area contributed by atoms with Gasteiger partial charge in [-0.15, -0.1) is 0 Å². The van der Waals surface area contributed by atoms with Crippen LogP contribution in [0.15, 0.2) is 12.7 Å². The van der Waals surface area contributed by atoms with Crippen LogP contribution in [-0.2, 0) is 4.79 Å². The van der Waals surface area contributed by atoms with Gasteiger partial charge in [0.15, 0.2) is 0 Å². The van der Waals surface area contributed by atoms with E-state index in [1.807, 2.05) is 23.5 Å². The molecule has 6 atom stereocenters. The lowest BCUT2D eigenvalue weighted by Crippen LogP contribution is -2.36. The first-order valence-corrected chi connectivity index (χ1v) is 14.6. The third-order valence-corrected chi connectivity index (χ3v) is 9.74. The van der Waals surface area contributed by atoms with E-state index in [0.717, 1.165) is 50.2 Å². The predicted octanol–water partition coefficient (Wildman–Crippen LogP) is 1.69. The predicted molar refractivity (Wildman–Crippen MR) is 140 cm³/mol. The van der Waals surface area contributed by atoms with Crippen molar-refractivity contribution in [2.75, 3.05) is 24.6 Å². The molecule has 0 bridgehead atoms. The molecular formula is C23H40N6O3S2. The second-order valence-corrected chi connectivity index (χ2v) is 11.8. The molecule has 4 aliphatic heterocycles. The minimum Gasteiger partial charge on any atom is -0.353 e. The van der Waals surface area contributed by atoms with E-state index in [0.29, 0.717) is 41.2 Å². The summed E-state index contributed by atoms with van der Waals surface area (Å²) in [5, 5.41) is 15.8. The summed E-state index contributed by atoms with van der Waals surface area (Å²) in [6, 6.07) is 1.33. The van der Waals surface area contributed by atoms with E-state index in [4.69, 9.17) is 5.73 Å². The Balaban J connectivity index is 0.000000196. The van der Waals surface area contributed by atoms with Gasteiger partial charge in [-0.05, 0) is 38.3 Å². The number of nitrogens with one attached hydrogen (secondary N) is 5. The Kier molecular flexibility index (Phi) is 11.2. The van der Waals surface area contributed by atoms with E-state index in [9.17, 15) is 14.4 Å². The molecule has 4 heterocycles. The molecule has 9 nitrogen and oxygen atoms in total. The third kappa shape index (κ3) is 7.98. The van der Waals surface area contributed by atoms with Gasteiger partial charge in [-0.1, -0.05) is 32.3 Å². The number of urea groups is 2. The largest absolute Gasteiger partial charge is 0.353 e. The van der Waals surface area contributed by atoms with Crippen molar-refractivity contribution in [2.45, 2.75) is 86.0 Å². The lowest BCUT2D eigenvalue weighted by Gasteiger charge is -2.16. The second kappa shape index (κ2) is 14.1. The van der Waals surface area contributed by atoms with Crippen molar-refractivity contribution in [3.8, 4) is 0 Å². The van der Waals surface area contributed by atoms with Gasteiger partial charge in [0.2, 0.25) is 5.91 Å². The van der Waals surface area contributed by atoms with E-state index in [2.05, 4.69) is 33.2 Å². The first-order chi connectivity index (χ1) is 16.5. The fourth-order valence-corrected chi connectivity index (χ4v) is 7.97. The number of carbonyl (C=O) groups is 3. The van der Waals surface area contributed by atoms with Crippen LogP contribution in [0.2, 0.25) is 0 Å².